The number of hydrogen-bond acceptors (Lipinski definition) is 5. The Morgan fingerprint density at radius 2 is 2.47 bits per heavy atom. The van der Waals surface area contributed by atoms with E-state index >= 15 is 0 Å². The van der Waals surface area contributed by atoms with Gasteiger partial charge in [-0.3, -0.25) is 4.98 Å². The number of aliphatic imine (C=N–C) groups is 1. The summed E-state index contributed by atoms with van der Waals surface area (Å²) in [5.74, 6) is -0.480. The number of aromatic nitrogens is 1. The number of carbonyl (C=O) groups excluding carboxylic acids is 1. The molecule has 1 heterocycles. The molecule has 0 aromatic carbocycles. The highest BCUT2D eigenvalue weighted by Gasteiger charge is 2.14. The second-order valence-corrected chi connectivity index (χ2v) is 3.94. The lowest BCUT2D eigenvalue weighted by Gasteiger charge is -2.04. The van der Waals surface area contributed by atoms with Gasteiger partial charge in [0, 0.05) is 12.4 Å². The molecule has 1 aromatic heterocycles. The summed E-state index contributed by atoms with van der Waals surface area (Å²) in [7, 11) is 0. The van der Waals surface area contributed by atoms with Crippen LogP contribution in [0.3, 0.4) is 0 Å². The molecular formula is C11H12IN3O2. The molecule has 5 nitrogen and oxygen atoms in total. The Labute approximate surface area is 113 Å². The molecular weight excluding hydrogens is 333 g/mol. The average Bonchev–Trinajstić information content (AvgIpc) is 2.31. The van der Waals surface area contributed by atoms with Gasteiger partial charge in [-0.25, -0.2) is 9.79 Å². The summed E-state index contributed by atoms with van der Waals surface area (Å²) < 4.78 is 5.33. The third-order valence-electron chi connectivity index (χ3n) is 1.76. The highest BCUT2D eigenvalue weighted by molar-refractivity contribution is 14.1. The minimum Gasteiger partial charge on any atom is -0.462 e. The topological polar surface area (TPSA) is 77.6 Å². The molecule has 1 rings (SSSR count). The summed E-state index contributed by atoms with van der Waals surface area (Å²) in [4.78, 5) is 19.7. The number of rotatable bonds is 4. The van der Waals surface area contributed by atoms with Gasteiger partial charge in [-0.05, 0) is 41.6 Å². The second-order valence-electron chi connectivity index (χ2n) is 2.91. The van der Waals surface area contributed by atoms with Crippen LogP contribution in [-0.4, -0.2) is 21.3 Å². The fourth-order valence-corrected chi connectivity index (χ4v) is 1.70. The zero-order chi connectivity index (χ0) is 12.7. The molecule has 0 bridgehead atoms. The summed E-state index contributed by atoms with van der Waals surface area (Å²) in [6.45, 7) is 2.03. The molecule has 0 aliphatic rings. The summed E-state index contributed by atoms with van der Waals surface area (Å²) in [5, 5.41) is 0. The van der Waals surface area contributed by atoms with Gasteiger partial charge in [0.05, 0.1) is 18.5 Å². The Hall–Kier alpha value is -1.44. The van der Waals surface area contributed by atoms with Crippen molar-refractivity contribution in [2.75, 3.05) is 6.61 Å². The van der Waals surface area contributed by atoms with Crippen molar-refractivity contribution in [3.63, 3.8) is 0 Å². The van der Waals surface area contributed by atoms with Crippen LogP contribution >= 0.6 is 22.6 Å². The fraction of sp³-hybridized carbons (Fsp3) is 0.182. The van der Waals surface area contributed by atoms with E-state index in [4.69, 9.17) is 10.5 Å². The van der Waals surface area contributed by atoms with Crippen molar-refractivity contribution >= 4 is 38.0 Å². The molecule has 2 N–H and O–H groups in total. The molecule has 90 valence electrons. The third kappa shape index (κ3) is 4.14. The van der Waals surface area contributed by atoms with Crippen molar-refractivity contribution in [2.45, 2.75) is 6.92 Å². The van der Waals surface area contributed by atoms with Gasteiger partial charge in [-0.1, -0.05) is 0 Å². The molecule has 0 atom stereocenters. The summed E-state index contributed by atoms with van der Waals surface area (Å²) in [5.41, 5.74) is 6.29. The monoisotopic (exact) mass is 345 g/mol. The van der Waals surface area contributed by atoms with E-state index in [-0.39, 0.29) is 5.57 Å². The van der Waals surface area contributed by atoms with E-state index in [0.717, 1.165) is 0 Å². The number of nitrogens with two attached hydrogens (primary N) is 1. The van der Waals surface area contributed by atoms with Crippen molar-refractivity contribution < 1.29 is 9.53 Å². The second kappa shape index (κ2) is 7.00. The average molecular weight is 345 g/mol. The van der Waals surface area contributed by atoms with Crippen LogP contribution in [0, 0.1) is 0 Å². The Morgan fingerprint density at radius 1 is 1.71 bits per heavy atom. The smallest absolute Gasteiger partial charge is 0.342 e. The summed E-state index contributed by atoms with van der Waals surface area (Å²) >= 11 is 1.94. The minimum absolute atomic E-state index is 0.247. The molecule has 1 aromatic rings. The molecule has 0 aliphatic heterocycles. The quantitative estimate of drug-likeness (QED) is 0.392. The normalized spacial score (nSPS) is 12.4. The fourth-order valence-electron chi connectivity index (χ4n) is 1.02. The molecule has 0 saturated carbocycles. The maximum atomic E-state index is 11.5. The molecule has 0 spiro atoms. The largest absolute Gasteiger partial charge is 0.462 e. The number of esters is 1. The zero-order valence-corrected chi connectivity index (χ0v) is 11.4. The first kappa shape index (κ1) is 13.6. The Bertz CT molecular complexity index is 443. The first-order valence-electron chi connectivity index (χ1n) is 4.92. The van der Waals surface area contributed by atoms with Gasteiger partial charge < -0.3 is 10.5 Å². The Morgan fingerprint density at radius 3 is 3.00 bits per heavy atom. The lowest BCUT2D eigenvalue weighted by Crippen LogP contribution is -2.13. The standard InChI is InChI=1S/C11H12IN3O2/c1-2-17-11(16)9(6-13)10(12)15-8-4-3-5-14-7-8/h3-7H,2,13H2,1H3. The molecule has 0 amide bonds. The Balaban J connectivity index is 2.91. The van der Waals surface area contributed by atoms with Crippen molar-refractivity contribution in [3.8, 4) is 0 Å². The van der Waals surface area contributed by atoms with Crippen molar-refractivity contribution in [1.29, 1.82) is 0 Å². The van der Waals surface area contributed by atoms with Gasteiger partial charge in [0.1, 0.15) is 9.29 Å². The van der Waals surface area contributed by atoms with Crippen molar-refractivity contribution in [3.05, 3.63) is 36.3 Å². The molecule has 0 saturated heterocycles. The van der Waals surface area contributed by atoms with E-state index in [1.165, 1.54) is 6.20 Å². The van der Waals surface area contributed by atoms with Gasteiger partial charge in [-0.15, -0.1) is 0 Å². The maximum Gasteiger partial charge on any atom is 0.342 e. The zero-order valence-electron chi connectivity index (χ0n) is 9.26. The van der Waals surface area contributed by atoms with Crippen molar-refractivity contribution in [2.24, 2.45) is 10.7 Å². The first-order chi connectivity index (χ1) is 8.19. The van der Waals surface area contributed by atoms with Crippen LogP contribution in [-0.2, 0) is 9.53 Å². The van der Waals surface area contributed by atoms with E-state index in [1.807, 2.05) is 22.6 Å². The number of halogens is 1. The van der Waals surface area contributed by atoms with Crippen LogP contribution in [0.4, 0.5) is 5.69 Å². The van der Waals surface area contributed by atoms with Crippen molar-refractivity contribution in [1.82, 2.24) is 4.98 Å². The number of hydrogen-bond donors (Lipinski definition) is 1. The number of carbonyl (C=O) groups is 1. The molecule has 6 heteroatoms. The van der Waals surface area contributed by atoms with Gasteiger partial charge in [0.25, 0.3) is 0 Å². The molecule has 17 heavy (non-hydrogen) atoms. The number of ether oxygens (including phenoxy) is 1. The SMILES string of the molecule is CCOC(=O)C(=CN)C(I)=Nc1cccnc1. The molecule has 0 aliphatic carbocycles. The highest BCUT2D eigenvalue weighted by Crippen LogP contribution is 2.15. The van der Waals surface area contributed by atoms with E-state index in [9.17, 15) is 4.79 Å². The van der Waals surface area contributed by atoms with Crippen LogP contribution in [0.2, 0.25) is 0 Å². The maximum absolute atomic E-state index is 11.5. The molecule has 0 radical (unpaired) electrons. The van der Waals surface area contributed by atoms with Gasteiger partial charge in [0.2, 0.25) is 0 Å². The first-order valence-corrected chi connectivity index (χ1v) is 6.00. The minimum atomic E-state index is -0.480. The van der Waals surface area contributed by atoms with Crippen LogP contribution < -0.4 is 5.73 Å². The van der Waals surface area contributed by atoms with Gasteiger partial charge in [0.15, 0.2) is 0 Å². The number of pyridine rings is 1. The predicted molar refractivity (Wildman–Crippen MR) is 74.3 cm³/mol. The summed E-state index contributed by atoms with van der Waals surface area (Å²) in [6, 6.07) is 3.55. The van der Waals surface area contributed by atoms with Gasteiger partial charge in [-0.2, -0.15) is 0 Å². The number of nitrogens with zero attached hydrogens (tertiary/aromatic N) is 2. The van der Waals surface area contributed by atoms with Crippen LogP contribution in [0.25, 0.3) is 0 Å². The lowest BCUT2D eigenvalue weighted by atomic mass is 10.3. The lowest BCUT2D eigenvalue weighted by molar-refractivity contribution is -0.137. The molecule has 0 fully saturated rings. The van der Waals surface area contributed by atoms with Crippen LogP contribution in [0.5, 0.6) is 0 Å². The molecule has 0 unspecified atom stereocenters. The summed E-state index contributed by atoms with van der Waals surface area (Å²) in [6.07, 6.45) is 4.44. The predicted octanol–water partition coefficient (Wildman–Crippen LogP) is 1.95. The Kier molecular flexibility index (Phi) is 5.61. The van der Waals surface area contributed by atoms with E-state index in [1.54, 1.807) is 31.5 Å². The van der Waals surface area contributed by atoms with Crippen LogP contribution in [0.1, 0.15) is 6.92 Å². The van der Waals surface area contributed by atoms with E-state index in [2.05, 4.69) is 9.98 Å². The van der Waals surface area contributed by atoms with Crippen LogP contribution in [0.15, 0.2) is 41.3 Å². The highest BCUT2D eigenvalue weighted by atomic mass is 127. The van der Waals surface area contributed by atoms with E-state index in [0.29, 0.717) is 16.0 Å². The van der Waals surface area contributed by atoms with E-state index < -0.39 is 5.97 Å². The van der Waals surface area contributed by atoms with Gasteiger partial charge >= 0.3 is 5.97 Å². The third-order valence-corrected chi connectivity index (χ3v) is 2.58.